The summed E-state index contributed by atoms with van der Waals surface area (Å²) in [5, 5.41) is 9.21. The van der Waals surface area contributed by atoms with Crippen molar-refractivity contribution in [3.63, 3.8) is 0 Å². The van der Waals surface area contributed by atoms with E-state index in [1.807, 2.05) is 0 Å². The molecule has 2 N–H and O–H groups in total. The number of rotatable bonds is 5. The molecule has 2 atom stereocenters. The fourth-order valence-corrected chi connectivity index (χ4v) is 3.62. The van der Waals surface area contributed by atoms with Gasteiger partial charge in [0.1, 0.15) is 0 Å². The number of hydrogen-bond acceptors (Lipinski definition) is 3. The molecule has 120 valence electrons. The molecular formula is C13H18F3NO3S. The van der Waals surface area contributed by atoms with Crippen LogP contribution < -0.4 is 4.72 Å². The Bertz CT molecular complexity index is 597. The monoisotopic (exact) mass is 325 g/mol. The molecule has 0 saturated carbocycles. The van der Waals surface area contributed by atoms with Crippen molar-refractivity contribution >= 4 is 10.0 Å². The molecule has 4 nitrogen and oxygen atoms in total. The van der Waals surface area contributed by atoms with E-state index in [2.05, 4.69) is 4.72 Å². The molecule has 2 unspecified atom stereocenters. The van der Waals surface area contributed by atoms with Crippen molar-refractivity contribution in [1.82, 2.24) is 4.72 Å². The van der Waals surface area contributed by atoms with Gasteiger partial charge in [-0.2, -0.15) is 13.2 Å². The van der Waals surface area contributed by atoms with Gasteiger partial charge in [-0.15, -0.1) is 0 Å². The van der Waals surface area contributed by atoms with Gasteiger partial charge in [0.05, 0.1) is 16.6 Å². The van der Waals surface area contributed by atoms with Gasteiger partial charge in [0.25, 0.3) is 0 Å². The second kappa shape index (κ2) is 6.33. The van der Waals surface area contributed by atoms with E-state index in [9.17, 15) is 26.7 Å². The van der Waals surface area contributed by atoms with Crippen molar-refractivity contribution in [2.75, 3.05) is 0 Å². The van der Waals surface area contributed by atoms with Gasteiger partial charge >= 0.3 is 6.18 Å². The molecule has 0 aromatic heterocycles. The lowest BCUT2D eigenvalue weighted by Crippen LogP contribution is -2.35. The highest BCUT2D eigenvalue weighted by Crippen LogP contribution is 2.34. The summed E-state index contributed by atoms with van der Waals surface area (Å²) < 4.78 is 65.0. The first-order chi connectivity index (χ1) is 9.45. The van der Waals surface area contributed by atoms with Crippen LogP contribution in [-0.4, -0.2) is 25.7 Å². The van der Waals surface area contributed by atoms with Crippen LogP contribution in [0, 0.1) is 6.92 Å². The number of halogens is 3. The van der Waals surface area contributed by atoms with E-state index < -0.39 is 38.8 Å². The Morgan fingerprint density at radius 1 is 1.29 bits per heavy atom. The average Bonchev–Trinajstić information content (AvgIpc) is 2.24. The van der Waals surface area contributed by atoms with Gasteiger partial charge in [-0.25, -0.2) is 13.1 Å². The maximum Gasteiger partial charge on any atom is 0.416 e. The molecule has 21 heavy (non-hydrogen) atoms. The molecule has 0 amide bonds. The molecule has 0 aliphatic heterocycles. The third-order valence-corrected chi connectivity index (χ3v) is 4.66. The first-order valence-corrected chi connectivity index (χ1v) is 7.80. The third-order valence-electron chi connectivity index (χ3n) is 2.93. The number of benzene rings is 1. The van der Waals surface area contributed by atoms with Crippen molar-refractivity contribution in [3.05, 3.63) is 29.3 Å². The zero-order valence-corrected chi connectivity index (χ0v) is 12.7. The molecule has 0 aliphatic rings. The van der Waals surface area contributed by atoms with Crippen molar-refractivity contribution in [2.24, 2.45) is 0 Å². The van der Waals surface area contributed by atoms with Gasteiger partial charge in [0.15, 0.2) is 0 Å². The van der Waals surface area contributed by atoms with Gasteiger partial charge in [-0.05, 0) is 44.9 Å². The molecule has 8 heteroatoms. The van der Waals surface area contributed by atoms with E-state index in [0.717, 1.165) is 25.1 Å². The van der Waals surface area contributed by atoms with E-state index in [0.29, 0.717) is 0 Å². The Balaban J connectivity index is 3.16. The summed E-state index contributed by atoms with van der Waals surface area (Å²) in [6.07, 6.45) is -5.16. The number of hydrogen-bond donors (Lipinski definition) is 2. The first-order valence-electron chi connectivity index (χ1n) is 6.32. The zero-order valence-electron chi connectivity index (χ0n) is 11.9. The SMILES string of the molecule is Cc1c(C(F)(F)F)cccc1S(=O)(=O)NC(C)CC(C)O. The van der Waals surface area contributed by atoms with E-state index >= 15 is 0 Å². The van der Waals surface area contributed by atoms with Gasteiger partial charge in [0, 0.05) is 6.04 Å². The highest BCUT2D eigenvalue weighted by Gasteiger charge is 2.34. The van der Waals surface area contributed by atoms with Crippen LogP contribution in [0.15, 0.2) is 23.1 Å². The highest BCUT2D eigenvalue weighted by atomic mass is 32.2. The predicted molar refractivity (Wildman–Crippen MR) is 72.3 cm³/mol. The Morgan fingerprint density at radius 2 is 1.86 bits per heavy atom. The standard InChI is InChI=1S/C13H18F3NO3S/c1-8(7-9(2)18)17-21(19,20)12-6-4-5-11(10(12)3)13(14,15)16/h4-6,8-9,17-18H,7H2,1-3H3. The van der Waals surface area contributed by atoms with Crippen molar-refractivity contribution in [3.8, 4) is 0 Å². The first kappa shape index (κ1) is 17.9. The zero-order chi connectivity index (χ0) is 16.4. The van der Waals surface area contributed by atoms with Crippen molar-refractivity contribution < 1.29 is 26.7 Å². The summed E-state index contributed by atoms with van der Waals surface area (Å²) >= 11 is 0. The van der Waals surface area contributed by atoms with Gasteiger partial charge in [-0.3, -0.25) is 0 Å². The Labute approximate surface area is 122 Å². The van der Waals surface area contributed by atoms with Crippen LogP contribution in [0.2, 0.25) is 0 Å². The molecule has 0 heterocycles. The number of sulfonamides is 1. The van der Waals surface area contributed by atoms with Crippen LogP contribution in [-0.2, 0) is 16.2 Å². The minimum absolute atomic E-state index is 0.164. The fourth-order valence-electron chi connectivity index (χ4n) is 2.10. The van der Waals surface area contributed by atoms with Crippen LogP contribution in [0.4, 0.5) is 13.2 Å². The van der Waals surface area contributed by atoms with Crippen LogP contribution in [0.5, 0.6) is 0 Å². The van der Waals surface area contributed by atoms with Gasteiger partial charge in [0.2, 0.25) is 10.0 Å². The summed E-state index contributed by atoms with van der Waals surface area (Å²) in [7, 11) is -4.08. The lowest BCUT2D eigenvalue weighted by molar-refractivity contribution is -0.138. The van der Waals surface area contributed by atoms with E-state index in [1.54, 1.807) is 0 Å². The lowest BCUT2D eigenvalue weighted by atomic mass is 10.1. The van der Waals surface area contributed by atoms with E-state index in [-0.39, 0.29) is 12.0 Å². The molecule has 0 spiro atoms. The summed E-state index contributed by atoms with van der Waals surface area (Å²) in [5.74, 6) is 0. The minimum atomic E-state index is -4.61. The number of aliphatic hydroxyl groups excluding tert-OH is 1. The Hall–Kier alpha value is -1.12. The largest absolute Gasteiger partial charge is 0.416 e. The topological polar surface area (TPSA) is 66.4 Å². The highest BCUT2D eigenvalue weighted by molar-refractivity contribution is 7.89. The number of alkyl halides is 3. The quantitative estimate of drug-likeness (QED) is 0.874. The normalized spacial score (nSPS) is 15.8. The summed E-state index contributed by atoms with van der Waals surface area (Å²) in [6, 6.07) is 2.43. The average molecular weight is 325 g/mol. The molecule has 1 aromatic rings. The third kappa shape index (κ3) is 4.69. The molecule has 0 aliphatic carbocycles. The minimum Gasteiger partial charge on any atom is -0.393 e. The van der Waals surface area contributed by atoms with Gasteiger partial charge in [-0.1, -0.05) is 6.07 Å². The molecule has 1 rings (SSSR count). The van der Waals surface area contributed by atoms with E-state index in [1.165, 1.54) is 13.8 Å². The molecule has 0 bridgehead atoms. The lowest BCUT2D eigenvalue weighted by Gasteiger charge is -2.18. The molecule has 0 saturated heterocycles. The van der Waals surface area contributed by atoms with Gasteiger partial charge < -0.3 is 5.11 Å². The second-order valence-electron chi connectivity index (χ2n) is 5.03. The Kier molecular flexibility index (Phi) is 5.40. The molecular weight excluding hydrogens is 307 g/mol. The number of nitrogens with one attached hydrogen (secondary N) is 1. The van der Waals surface area contributed by atoms with Crippen LogP contribution in [0.3, 0.4) is 0 Å². The molecule has 0 fully saturated rings. The molecule has 1 aromatic carbocycles. The maximum atomic E-state index is 12.8. The maximum absolute atomic E-state index is 12.8. The summed E-state index contributed by atoms with van der Waals surface area (Å²) in [6.45, 7) is 4.16. The van der Waals surface area contributed by atoms with E-state index in [4.69, 9.17) is 0 Å². The van der Waals surface area contributed by atoms with Crippen LogP contribution in [0.1, 0.15) is 31.4 Å². The van der Waals surface area contributed by atoms with Crippen LogP contribution in [0.25, 0.3) is 0 Å². The summed E-state index contributed by atoms with van der Waals surface area (Å²) in [4.78, 5) is -0.408. The second-order valence-corrected chi connectivity index (χ2v) is 6.72. The van der Waals surface area contributed by atoms with Crippen LogP contribution >= 0.6 is 0 Å². The summed E-state index contributed by atoms with van der Waals surface area (Å²) in [5.41, 5.74) is -1.32. The smallest absolute Gasteiger partial charge is 0.393 e. The fraction of sp³-hybridized carbons (Fsp3) is 0.538. The Morgan fingerprint density at radius 3 is 2.33 bits per heavy atom. The molecule has 0 radical (unpaired) electrons. The van der Waals surface area contributed by atoms with Crippen molar-refractivity contribution in [1.29, 1.82) is 0 Å². The predicted octanol–water partition coefficient (Wildman–Crippen LogP) is 2.45. The van der Waals surface area contributed by atoms with Crippen molar-refractivity contribution in [2.45, 2.75) is 50.4 Å². The number of aliphatic hydroxyl groups is 1.